The molecule has 0 aliphatic heterocycles. The Morgan fingerprint density at radius 1 is 0.875 bits per heavy atom. The van der Waals surface area contributed by atoms with Crippen molar-refractivity contribution in [3.63, 3.8) is 0 Å². The fraction of sp³-hybridized carbons (Fsp3) is 0.929. The van der Waals surface area contributed by atoms with E-state index < -0.39 is 0 Å². The highest BCUT2D eigenvalue weighted by molar-refractivity contribution is 5.44. The first-order valence-corrected chi connectivity index (χ1v) is 6.68. The molecule has 2 heteroatoms. The molecule has 0 heterocycles. The molecule has 98 valence electrons. The zero-order chi connectivity index (χ0) is 12.9. The largest absolute Gasteiger partial charge is 0.331 e. The summed E-state index contributed by atoms with van der Waals surface area (Å²) in [6.07, 6.45) is 10.7. The molecule has 0 saturated carbocycles. The van der Waals surface area contributed by atoms with Crippen LogP contribution in [0.15, 0.2) is 0 Å². The molecule has 0 radical (unpaired) electrons. The number of nitrogens with zero attached hydrogens (tertiary/aromatic N) is 1. The van der Waals surface area contributed by atoms with E-state index in [2.05, 4.69) is 28.1 Å². The van der Waals surface area contributed by atoms with E-state index in [-0.39, 0.29) is 0 Å². The molecule has 0 fully saturated rings. The van der Waals surface area contributed by atoms with Crippen molar-refractivity contribution in [3.8, 4) is 0 Å². The van der Waals surface area contributed by atoms with Crippen LogP contribution in [0, 0.1) is 0 Å². The van der Waals surface area contributed by atoms with Crippen LogP contribution in [0.25, 0.3) is 0 Å². The van der Waals surface area contributed by atoms with E-state index in [0.717, 1.165) is 10.8 Å². The second-order valence-corrected chi connectivity index (χ2v) is 5.37. The average Bonchev–Trinajstić information content (AvgIpc) is 2.16. The van der Waals surface area contributed by atoms with Crippen LogP contribution in [0.3, 0.4) is 0 Å². The number of quaternary nitrogens is 1. The van der Waals surface area contributed by atoms with Crippen molar-refractivity contribution in [3.05, 3.63) is 0 Å². The molecule has 0 bridgehead atoms. The van der Waals surface area contributed by atoms with Gasteiger partial charge in [0, 0.05) is 0 Å². The number of hydrogen-bond acceptors (Lipinski definition) is 1. The summed E-state index contributed by atoms with van der Waals surface area (Å²) in [5.41, 5.74) is 0. The monoisotopic (exact) mass is 230 g/mol. The van der Waals surface area contributed by atoms with Crippen molar-refractivity contribution in [2.24, 2.45) is 0 Å². The molecule has 0 N–H and O–H groups in total. The summed E-state index contributed by atoms with van der Waals surface area (Å²) in [6.45, 7) is 5.05. The normalized spacial score (nSPS) is 10.6. The van der Waals surface area contributed by atoms with Crippen LogP contribution >= 0.6 is 0 Å². The van der Waals surface area contributed by atoms with Crippen LogP contribution in [0.1, 0.15) is 58.8 Å². The Bertz CT molecular complexity index is 138. The highest BCUT2D eigenvalue weighted by atomic mass is 16.1. The molecule has 0 amide bonds. The predicted molar refractivity (Wildman–Crippen MR) is 72.6 cm³/mol. The average molecular weight is 230 g/mol. The fourth-order valence-corrected chi connectivity index (χ4v) is 1.54. The first-order valence-electron chi connectivity index (χ1n) is 6.68. The first-order chi connectivity index (χ1) is 7.47. The molecule has 16 heavy (non-hydrogen) atoms. The SMILES string of the molecule is CC=O.CCCCCCCCC[N+](C)(C)C. The van der Waals surface area contributed by atoms with Crippen LogP contribution in [-0.4, -0.2) is 38.5 Å². The third-order valence-electron chi connectivity index (χ3n) is 2.43. The zero-order valence-corrected chi connectivity index (χ0v) is 12.1. The van der Waals surface area contributed by atoms with E-state index in [1.54, 1.807) is 0 Å². The molecular weight excluding hydrogens is 198 g/mol. The van der Waals surface area contributed by atoms with E-state index >= 15 is 0 Å². The molecule has 2 nitrogen and oxygen atoms in total. The topological polar surface area (TPSA) is 17.1 Å². The summed E-state index contributed by atoms with van der Waals surface area (Å²) < 4.78 is 1.12. The van der Waals surface area contributed by atoms with Crippen molar-refractivity contribution < 1.29 is 9.28 Å². The molecule has 0 rings (SSSR count). The van der Waals surface area contributed by atoms with Gasteiger partial charge in [-0.05, 0) is 19.8 Å². The molecule has 0 aromatic heterocycles. The molecule has 0 aromatic carbocycles. The maximum absolute atomic E-state index is 8.81. The van der Waals surface area contributed by atoms with Gasteiger partial charge in [0.25, 0.3) is 0 Å². The summed E-state index contributed by atoms with van der Waals surface area (Å²) >= 11 is 0. The fourth-order valence-electron chi connectivity index (χ4n) is 1.54. The van der Waals surface area contributed by atoms with Gasteiger partial charge in [0.15, 0.2) is 0 Å². The van der Waals surface area contributed by atoms with Crippen LogP contribution in [-0.2, 0) is 4.79 Å². The lowest BCUT2D eigenvalue weighted by molar-refractivity contribution is -0.870. The lowest BCUT2D eigenvalue weighted by atomic mass is 10.1. The summed E-state index contributed by atoms with van der Waals surface area (Å²) in [5.74, 6) is 0. The maximum atomic E-state index is 8.81. The summed E-state index contributed by atoms with van der Waals surface area (Å²) in [6, 6.07) is 0. The molecule has 0 aliphatic rings. The Labute approximate surface area is 103 Å². The highest BCUT2D eigenvalue weighted by Crippen LogP contribution is 2.07. The first kappa shape index (κ1) is 18.0. The smallest absolute Gasteiger partial charge is 0.116 e. The number of aldehydes is 1. The Kier molecular flexibility index (Phi) is 14.3. The summed E-state index contributed by atoms with van der Waals surface area (Å²) in [4.78, 5) is 8.81. The quantitative estimate of drug-likeness (QED) is 0.353. The second kappa shape index (κ2) is 12.7. The van der Waals surface area contributed by atoms with Crippen molar-refractivity contribution >= 4 is 6.29 Å². The Morgan fingerprint density at radius 2 is 1.25 bits per heavy atom. The number of rotatable bonds is 8. The van der Waals surface area contributed by atoms with E-state index in [4.69, 9.17) is 4.79 Å². The lowest BCUT2D eigenvalue weighted by Crippen LogP contribution is -2.35. The summed E-state index contributed by atoms with van der Waals surface area (Å²) in [5, 5.41) is 0. The van der Waals surface area contributed by atoms with E-state index in [1.165, 1.54) is 58.4 Å². The predicted octanol–water partition coefficient (Wildman–Crippen LogP) is 3.65. The van der Waals surface area contributed by atoms with Crippen LogP contribution in [0.2, 0.25) is 0 Å². The minimum Gasteiger partial charge on any atom is -0.331 e. The Morgan fingerprint density at radius 3 is 1.62 bits per heavy atom. The highest BCUT2D eigenvalue weighted by Gasteiger charge is 2.04. The minimum atomic E-state index is 0.750. The number of unbranched alkanes of at least 4 members (excludes halogenated alkanes) is 6. The lowest BCUT2D eigenvalue weighted by Gasteiger charge is -2.23. The van der Waals surface area contributed by atoms with E-state index in [0.29, 0.717) is 0 Å². The van der Waals surface area contributed by atoms with E-state index in [1.807, 2.05) is 0 Å². The standard InChI is InChI=1S/C12H28N.C2H4O/c1-5-6-7-8-9-10-11-12-13(2,3)4;1-2-3/h5-12H2,1-4H3;2H,1H3/q+1;. The number of carbonyl (C=O) groups excluding carboxylic acids is 1. The van der Waals surface area contributed by atoms with Gasteiger partial charge < -0.3 is 9.28 Å². The Balaban J connectivity index is 0. The van der Waals surface area contributed by atoms with Crippen LogP contribution < -0.4 is 0 Å². The third-order valence-corrected chi connectivity index (χ3v) is 2.43. The van der Waals surface area contributed by atoms with Gasteiger partial charge >= 0.3 is 0 Å². The van der Waals surface area contributed by atoms with Crippen molar-refractivity contribution in [1.82, 2.24) is 0 Å². The van der Waals surface area contributed by atoms with Crippen molar-refractivity contribution in [2.75, 3.05) is 27.7 Å². The van der Waals surface area contributed by atoms with Gasteiger partial charge in [-0.1, -0.05) is 39.0 Å². The van der Waals surface area contributed by atoms with Gasteiger partial charge in [-0.3, -0.25) is 0 Å². The maximum Gasteiger partial charge on any atom is 0.116 e. The van der Waals surface area contributed by atoms with Gasteiger partial charge in [0.05, 0.1) is 27.7 Å². The molecule has 0 aliphatic carbocycles. The van der Waals surface area contributed by atoms with Gasteiger partial charge in [0.2, 0.25) is 0 Å². The van der Waals surface area contributed by atoms with Crippen LogP contribution in [0.4, 0.5) is 0 Å². The molecular formula is C14H32NO+. The van der Waals surface area contributed by atoms with Crippen LogP contribution in [0.5, 0.6) is 0 Å². The van der Waals surface area contributed by atoms with Gasteiger partial charge in [-0.25, -0.2) is 0 Å². The second-order valence-electron chi connectivity index (χ2n) is 5.37. The van der Waals surface area contributed by atoms with Gasteiger partial charge in [-0.2, -0.15) is 0 Å². The van der Waals surface area contributed by atoms with Crippen molar-refractivity contribution in [2.45, 2.75) is 58.8 Å². The number of hydrogen-bond donors (Lipinski definition) is 0. The summed E-state index contributed by atoms with van der Waals surface area (Å²) in [7, 11) is 6.82. The van der Waals surface area contributed by atoms with Gasteiger partial charge in [0.1, 0.15) is 6.29 Å². The van der Waals surface area contributed by atoms with E-state index in [9.17, 15) is 0 Å². The zero-order valence-electron chi connectivity index (χ0n) is 12.1. The number of carbonyl (C=O) groups is 1. The third kappa shape index (κ3) is 23.4. The molecule has 0 spiro atoms. The van der Waals surface area contributed by atoms with Crippen molar-refractivity contribution in [1.29, 1.82) is 0 Å². The molecule has 0 atom stereocenters. The molecule has 0 unspecified atom stereocenters. The van der Waals surface area contributed by atoms with Gasteiger partial charge in [-0.15, -0.1) is 0 Å². The Hall–Kier alpha value is -0.370. The molecule has 0 aromatic rings. The molecule has 0 saturated heterocycles. The minimum absolute atomic E-state index is 0.750.